The zero-order chi connectivity index (χ0) is 9.76. The molecule has 0 aliphatic heterocycles. The second-order valence-electron chi connectivity index (χ2n) is 6.57. The summed E-state index contributed by atoms with van der Waals surface area (Å²) in [5, 5.41) is 0. The van der Waals surface area contributed by atoms with Gasteiger partial charge in [-0.05, 0) is 67.6 Å². The highest BCUT2D eigenvalue weighted by Gasteiger charge is 2.51. The van der Waals surface area contributed by atoms with Crippen LogP contribution >= 0.6 is 0 Å². The van der Waals surface area contributed by atoms with Gasteiger partial charge in [0.2, 0.25) is 0 Å². The first-order chi connectivity index (χ1) is 6.72. The lowest BCUT2D eigenvalue weighted by Gasteiger charge is -2.44. The first kappa shape index (κ1) is 9.24. The molecule has 2 bridgehead atoms. The quantitative estimate of drug-likeness (QED) is 0.582. The molecule has 5 unspecified atom stereocenters. The van der Waals surface area contributed by atoms with E-state index < -0.39 is 0 Å². The van der Waals surface area contributed by atoms with Crippen LogP contribution in [0, 0.1) is 29.1 Å². The zero-order valence-corrected chi connectivity index (χ0v) is 9.76. The van der Waals surface area contributed by atoms with E-state index in [1.54, 1.807) is 32.1 Å². The Balaban J connectivity index is 1.78. The Morgan fingerprint density at radius 3 is 2.50 bits per heavy atom. The molecule has 3 aliphatic carbocycles. The third-order valence-corrected chi connectivity index (χ3v) is 5.94. The summed E-state index contributed by atoms with van der Waals surface area (Å²) in [6.07, 6.45) is 10.8. The Morgan fingerprint density at radius 2 is 1.79 bits per heavy atom. The molecule has 0 aromatic rings. The van der Waals surface area contributed by atoms with E-state index in [4.69, 9.17) is 0 Å². The maximum absolute atomic E-state index is 2.54. The van der Waals surface area contributed by atoms with Crippen LogP contribution in [-0.4, -0.2) is 0 Å². The highest BCUT2D eigenvalue weighted by Crippen LogP contribution is 2.60. The molecule has 0 nitrogen and oxygen atoms in total. The molecule has 3 saturated carbocycles. The van der Waals surface area contributed by atoms with Gasteiger partial charge in [0, 0.05) is 0 Å². The van der Waals surface area contributed by atoms with Crippen LogP contribution in [0.4, 0.5) is 0 Å². The minimum absolute atomic E-state index is 0.714. The Labute approximate surface area is 88.5 Å². The number of rotatable bonds is 1. The van der Waals surface area contributed by atoms with Gasteiger partial charge in [0.1, 0.15) is 0 Å². The molecule has 0 spiro atoms. The van der Waals surface area contributed by atoms with Gasteiger partial charge >= 0.3 is 0 Å². The van der Waals surface area contributed by atoms with Crippen LogP contribution < -0.4 is 0 Å². The standard InChI is InChI=1S/C14H24/c1-3-14(2)7-6-12-10-4-5-11(8-10)13(12)9-14/h10-13H,3-9H2,1-2H3. The van der Waals surface area contributed by atoms with E-state index in [1.807, 2.05) is 0 Å². The van der Waals surface area contributed by atoms with Crippen LogP contribution in [0.5, 0.6) is 0 Å². The van der Waals surface area contributed by atoms with E-state index in [2.05, 4.69) is 13.8 Å². The molecule has 14 heavy (non-hydrogen) atoms. The van der Waals surface area contributed by atoms with E-state index in [1.165, 1.54) is 12.8 Å². The van der Waals surface area contributed by atoms with E-state index >= 15 is 0 Å². The molecule has 0 heterocycles. The molecular weight excluding hydrogens is 168 g/mol. The molecule has 3 fully saturated rings. The predicted octanol–water partition coefficient (Wildman–Crippen LogP) is 4.25. The van der Waals surface area contributed by atoms with Gasteiger partial charge < -0.3 is 0 Å². The van der Waals surface area contributed by atoms with Gasteiger partial charge in [0.05, 0.1) is 0 Å². The van der Waals surface area contributed by atoms with Gasteiger partial charge in [0.15, 0.2) is 0 Å². The first-order valence-electron chi connectivity index (χ1n) is 6.72. The van der Waals surface area contributed by atoms with Gasteiger partial charge in [-0.2, -0.15) is 0 Å². The summed E-state index contributed by atoms with van der Waals surface area (Å²) in [7, 11) is 0. The summed E-state index contributed by atoms with van der Waals surface area (Å²) in [5.74, 6) is 4.61. The monoisotopic (exact) mass is 192 g/mol. The molecule has 0 saturated heterocycles. The largest absolute Gasteiger partial charge is 0.0649 e. The third-order valence-electron chi connectivity index (χ3n) is 5.94. The predicted molar refractivity (Wildman–Crippen MR) is 60.1 cm³/mol. The second-order valence-corrected chi connectivity index (χ2v) is 6.57. The molecule has 80 valence electrons. The Hall–Kier alpha value is 0. The van der Waals surface area contributed by atoms with Crippen LogP contribution in [0.3, 0.4) is 0 Å². The van der Waals surface area contributed by atoms with Gasteiger partial charge in [-0.3, -0.25) is 0 Å². The summed E-state index contributed by atoms with van der Waals surface area (Å²) in [6, 6.07) is 0. The van der Waals surface area contributed by atoms with E-state index in [0.29, 0.717) is 5.41 Å². The second kappa shape index (κ2) is 3.00. The smallest absolute Gasteiger partial charge is 0.0326 e. The minimum atomic E-state index is 0.714. The summed E-state index contributed by atoms with van der Waals surface area (Å²) >= 11 is 0. The molecular formula is C14H24. The van der Waals surface area contributed by atoms with Crippen molar-refractivity contribution in [2.24, 2.45) is 29.1 Å². The van der Waals surface area contributed by atoms with Crippen LogP contribution in [0.25, 0.3) is 0 Å². The molecule has 0 aromatic heterocycles. The van der Waals surface area contributed by atoms with Crippen molar-refractivity contribution in [3.05, 3.63) is 0 Å². The van der Waals surface area contributed by atoms with E-state index in [0.717, 1.165) is 23.7 Å². The molecule has 5 atom stereocenters. The van der Waals surface area contributed by atoms with Crippen molar-refractivity contribution in [1.82, 2.24) is 0 Å². The lowest BCUT2D eigenvalue weighted by atomic mass is 9.61. The molecule has 3 rings (SSSR count). The highest BCUT2D eigenvalue weighted by atomic mass is 14.6. The normalized spacial score (nSPS) is 56.1. The van der Waals surface area contributed by atoms with E-state index in [-0.39, 0.29) is 0 Å². The van der Waals surface area contributed by atoms with Gasteiger partial charge in [-0.1, -0.05) is 20.3 Å². The molecule has 0 aromatic carbocycles. The molecule has 0 radical (unpaired) electrons. The summed E-state index contributed by atoms with van der Waals surface area (Å²) in [5.41, 5.74) is 0.714. The zero-order valence-electron chi connectivity index (χ0n) is 9.76. The maximum atomic E-state index is 2.54. The van der Waals surface area contributed by atoms with Gasteiger partial charge in [-0.15, -0.1) is 0 Å². The summed E-state index contributed by atoms with van der Waals surface area (Å²) in [4.78, 5) is 0. The summed E-state index contributed by atoms with van der Waals surface area (Å²) < 4.78 is 0. The fourth-order valence-corrected chi connectivity index (χ4v) is 4.80. The third kappa shape index (κ3) is 1.19. The van der Waals surface area contributed by atoms with E-state index in [9.17, 15) is 0 Å². The van der Waals surface area contributed by atoms with Crippen molar-refractivity contribution in [3.8, 4) is 0 Å². The van der Waals surface area contributed by atoms with Crippen LogP contribution in [-0.2, 0) is 0 Å². The number of hydrogen-bond donors (Lipinski definition) is 0. The van der Waals surface area contributed by atoms with Gasteiger partial charge in [0.25, 0.3) is 0 Å². The minimum Gasteiger partial charge on any atom is -0.0649 e. The average molecular weight is 192 g/mol. The van der Waals surface area contributed by atoms with Crippen molar-refractivity contribution in [3.63, 3.8) is 0 Å². The SMILES string of the molecule is CCC1(C)CCC2C3CCC(C3)C2C1. The topological polar surface area (TPSA) is 0 Å². The molecule has 3 aliphatic rings. The molecule has 0 N–H and O–H groups in total. The summed E-state index contributed by atoms with van der Waals surface area (Å²) in [6.45, 7) is 4.93. The molecule has 0 heteroatoms. The van der Waals surface area contributed by atoms with Gasteiger partial charge in [-0.25, -0.2) is 0 Å². The number of fused-ring (bicyclic) bond motifs is 5. The fraction of sp³-hybridized carbons (Fsp3) is 1.00. The van der Waals surface area contributed by atoms with Crippen molar-refractivity contribution in [2.75, 3.05) is 0 Å². The molecule has 0 amide bonds. The fourth-order valence-electron chi connectivity index (χ4n) is 4.80. The highest BCUT2D eigenvalue weighted by molar-refractivity contribution is 5.01. The maximum Gasteiger partial charge on any atom is -0.0326 e. The van der Waals surface area contributed by atoms with Crippen molar-refractivity contribution in [1.29, 1.82) is 0 Å². The average Bonchev–Trinajstić information content (AvgIpc) is 2.78. The van der Waals surface area contributed by atoms with Crippen molar-refractivity contribution in [2.45, 2.75) is 58.8 Å². The first-order valence-corrected chi connectivity index (χ1v) is 6.72. The van der Waals surface area contributed by atoms with Crippen molar-refractivity contribution < 1.29 is 0 Å². The lowest BCUT2D eigenvalue weighted by Crippen LogP contribution is -2.34. The number of hydrogen-bond acceptors (Lipinski definition) is 0. The Morgan fingerprint density at radius 1 is 1.07 bits per heavy atom. The lowest BCUT2D eigenvalue weighted by molar-refractivity contribution is 0.0609. The Kier molecular flexibility index (Phi) is 1.98. The van der Waals surface area contributed by atoms with Crippen molar-refractivity contribution >= 4 is 0 Å². The van der Waals surface area contributed by atoms with Crippen LogP contribution in [0.1, 0.15) is 58.8 Å². The van der Waals surface area contributed by atoms with Crippen LogP contribution in [0.15, 0.2) is 0 Å². The van der Waals surface area contributed by atoms with Crippen LogP contribution in [0.2, 0.25) is 0 Å². The Bertz CT molecular complexity index is 232.